The molecule has 0 saturated heterocycles. The van der Waals surface area contributed by atoms with E-state index >= 15 is 0 Å². The van der Waals surface area contributed by atoms with Gasteiger partial charge in [0.2, 0.25) is 0 Å². The summed E-state index contributed by atoms with van der Waals surface area (Å²) in [5.74, 6) is 1.71. The Kier molecular flexibility index (Phi) is 11.6. The van der Waals surface area contributed by atoms with Crippen LogP contribution in [0.3, 0.4) is 0 Å². The van der Waals surface area contributed by atoms with Crippen molar-refractivity contribution in [1.29, 1.82) is 0 Å². The maximum absolute atomic E-state index is 5.49. The van der Waals surface area contributed by atoms with Gasteiger partial charge in [0, 0.05) is 20.2 Å². The molecule has 2 nitrogen and oxygen atoms in total. The van der Waals surface area contributed by atoms with E-state index in [1.165, 1.54) is 110 Å². The number of unbranched alkanes of at least 4 members (excludes halogenated alkanes) is 6. The average Bonchev–Trinajstić information content (AvgIpc) is 2.68. The number of rotatable bonds is 13. The van der Waals surface area contributed by atoms with Gasteiger partial charge in [0.25, 0.3) is 0 Å². The van der Waals surface area contributed by atoms with Gasteiger partial charge in [-0.25, -0.2) is 0 Å². The fourth-order valence-electron chi connectivity index (χ4n) is 4.82. The predicted octanol–water partition coefficient (Wildman–Crippen LogP) is 6.60. The van der Waals surface area contributed by atoms with Crippen LogP contribution in [0.5, 0.6) is 0 Å². The van der Waals surface area contributed by atoms with Crippen LogP contribution in [-0.4, -0.2) is 37.7 Å². The molecule has 2 heteroatoms. The molecule has 2 aliphatic carbocycles. The van der Waals surface area contributed by atoms with Gasteiger partial charge in [0.05, 0.1) is 6.10 Å². The van der Waals surface area contributed by atoms with Crippen molar-refractivity contribution in [3.8, 4) is 0 Å². The molecular weight excluding hydrogens is 318 g/mol. The van der Waals surface area contributed by atoms with Gasteiger partial charge in [-0.3, -0.25) is 0 Å². The SMILES string of the molecule is CCCCCCCCCN(CC1C=CC(OC)CC1)CC1CCCCC1. The van der Waals surface area contributed by atoms with Crippen molar-refractivity contribution in [3.63, 3.8) is 0 Å². The Labute approximate surface area is 163 Å². The average molecular weight is 364 g/mol. The second kappa shape index (κ2) is 13.8. The molecule has 0 bridgehead atoms. The molecule has 1 fully saturated rings. The zero-order valence-electron chi connectivity index (χ0n) is 17.8. The Morgan fingerprint density at radius 2 is 1.54 bits per heavy atom. The maximum Gasteiger partial charge on any atom is 0.0752 e. The Bertz CT molecular complexity index is 361. The van der Waals surface area contributed by atoms with Crippen LogP contribution >= 0.6 is 0 Å². The van der Waals surface area contributed by atoms with E-state index in [1.54, 1.807) is 0 Å². The fraction of sp³-hybridized carbons (Fsp3) is 0.917. The van der Waals surface area contributed by atoms with E-state index in [2.05, 4.69) is 24.0 Å². The highest BCUT2D eigenvalue weighted by atomic mass is 16.5. The molecule has 1 saturated carbocycles. The first kappa shape index (κ1) is 22.0. The van der Waals surface area contributed by atoms with Crippen LogP contribution in [0.25, 0.3) is 0 Å². The summed E-state index contributed by atoms with van der Waals surface area (Å²) in [6.45, 7) is 6.26. The molecule has 2 rings (SSSR count). The third kappa shape index (κ3) is 9.04. The Balaban J connectivity index is 1.72. The first-order valence-electron chi connectivity index (χ1n) is 11.7. The van der Waals surface area contributed by atoms with E-state index in [1.807, 2.05) is 7.11 Å². The van der Waals surface area contributed by atoms with E-state index in [0.717, 1.165) is 11.8 Å². The van der Waals surface area contributed by atoms with Crippen molar-refractivity contribution in [2.24, 2.45) is 11.8 Å². The number of hydrogen-bond donors (Lipinski definition) is 0. The lowest BCUT2D eigenvalue weighted by atomic mass is 9.88. The van der Waals surface area contributed by atoms with Crippen LogP contribution in [0.2, 0.25) is 0 Å². The number of nitrogens with zero attached hydrogens (tertiary/aromatic N) is 1. The van der Waals surface area contributed by atoms with E-state index in [0.29, 0.717) is 6.10 Å². The van der Waals surface area contributed by atoms with E-state index in [4.69, 9.17) is 4.74 Å². The number of ether oxygens (including phenoxy) is 1. The topological polar surface area (TPSA) is 12.5 Å². The predicted molar refractivity (Wildman–Crippen MR) is 114 cm³/mol. The molecule has 0 aromatic carbocycles. The van der Waals surface area contributed by atoms with E-state index < -0.39 is 0 Å². The highest BCUT2D eigenvalue weighted by Crippen LogP contribution is 2.26. The molecule has 0 radical (unpaired) electrons. The minimum atomic E-state index is 0.362. The second-order valence-electron chi connectivity index (χ2n) is 8.88. The zero-order valence-corrected chi connectivity index (χ0v) is 17.8. The zero-order chi connectivity index (χ0) is 18.5. The summed E-state index contributed by atoms with van der Waals surface area (Å²) < 4.78 is 5.49. The molecule has 152 valence electrons. The minimum absolute atomic E-state index is 0.362. The molecule has 0 heterocycles. The van der Waals surface area contributed by atoms with Crippen molar-refractivity contribution in [1.82, 2.24) is 4.90 Å². The highest BCUT2D eigenvalue weighted by molar-refractivity contribution is 5.00. The Morgan fingerprint density at radius 3 is 2.19 bits per heavy atom. The third-order valence-corrected chi connectivity index (χ3v) is 6.53. The third-order valence-electron chi connectivity index (χ3n) is 6.53. The van der Waals surface area contributed by atoms with Crippen molar-refractivity contribution < 1.29 is 4.74 Å². The summed E-state index contributed by atoms with van der Waals surface area (Å²) in [4.78, 5) is 2.82. The molecule has 2 atom stereocenters. The molecule has 0 aromatic rings. The summed E-state index contributed by atoms with van der Waals surface area (Å²) in [5, 5.41) is 0. The first-order chi connectivity index (χ1) is 12.8. The van der Waals surface area contributed by atoms with Gasteiger partial charge in [-0.1, -0.05) is 76.9 Å². The largest absolute Gasteiger partial charge is 0.377 e. The maximum atomic E-state index is 5.49. The van der Waals surface area contributed by atoms with Gasteiger partial charge < -0.3 is 9.64 Å². The fourth-order valence-corrected chi connectivity index (χ4v) is 4.82. The smallest absolute Gasteiger partial charge is 0.0752 e. The molecule has 2 unspecified atom stereocenters. The first-order valence-corrected chi connectivity index (χ1v) is 11.7. The molecule has 0 spiro atoms. The quantitative estimate of drug-likeness (QED) is 0.270. The molecule has 26 heavy (non-hydrogen) atoms. The van der Waals surface area contributed by atoms with Crippen LogP contribution in [0, 0.1) is 11.8 Å². The van der Waals surface area contributed by atoms with Crippen molar-refractivity contribution >= 4 is 0 Å². The van der Waals surface area contributed by atoms with Crippen LogP contribution in [0.4, 0.5) is 0 Å². The van der Waals surface area contributed by atoms with Gasteiger partial charge in [0.15, 0.2) is 0 Å². The van der Waals surface area contributed by atoms with Crippen molar-refractivity contribution in [2.75, 3.05) is 26.7 Å². The Hall–Kier alpha value is -0.340. The van der Waals surface area contributed by atoms with Crippen molar-refractivity contribution in [2.45, 2.75) is 103 Å². The second-order valence-corrected chi connectivity index (χ2v) is 8.88. The molecular formula is C24H45NO. The van der Waals surface area contributed by atoms with Crippen LogP contribution in [0.15, 0.2) is 12.2 Å². The summed E-state index contributed by atoms with van der Waals surface area (Å²) in [5.41, 5.74) is 0. The number of methoxy groups -OCH3 is 1. The lowest BCUT2D eigenvalue weighted by Crippen LogP contribution is -2.36. The monoisotopic (exact) mass is 363 g/mol. The molecule has 2 aliphatic rings. The summed E-state index contributed by atoms with van der Waals surface area (Å²) in [6, 6.07) is 0. The van der Waals surface area contributed by atoms with E-state index in [9.17, 15) is 0 Å². The van der Waals surface area contributed by atoms with Gasteiger partial charge >= 0.3 is 0 Å². The van der Waals surface area contributed by atoms with E-state index in [-0.39, 0.29) is 0 Å². The van der Waals surface area contributed by atoms with Gasteiger partial charge in [0.1, 0.15) is 0 Å². The highest BCUT2D eigenvalue weighted by Gasteiger charge is 2.21. The number of hydrogen-bond acceptors (Lipinski definition) is 2. The lowest BCUT2D eigenvalue weighted by molar-refractivity contribution is 0.114. The van der Waals surface area contributed by atoms with Gasteiger partial charge in [-0.2, -0.15) is 0 Å². The summed E-state index contributed by atoms with van der Waals surface area (Å²) in [6.07, 6.45) is 24.9. The molecule has 0 amide bonds. The lowest BCUT2D eigenvalue weighted by Gasteiger charge is -2.33. The molecule has 0 aromatic heterocycles. The summed E-state index contributed by atoms with van der Waals surface area (Å²) >= 11 is 0. The summed E-state index contributed by atoms with van der Waals surface area (Å²) in [7, 11) is 1.84. The Morgan fingerprint density at radius 1 is 0.808 bits per heavy atom. The van der Waals surface area contributed by atoms with Crippen LogP contribution in [-0.2, 0) is 4.74 Å². The van der Waals surface area contributed by atoms with Crippen LogP contribution in [0.1, 0.15) is 96.8 Å². The molecule has 0 N–H and O–H groups in total. The van der Waals surface area contributed by atoms with Gasteiger partial charge in [-0.15, -0.1) is 0 Å². The molecule has 0 aliphatic heterocycles. The van der Waals surface area contributed by atoms with Gasteiger partial charge in [-0.05, 0) is 50.5 Å². The van der Waals surface area contributed by atoms with Crippen LogP contribution < -0.4 is 0 Å². The normalized spacial score (nSPS) is 24.4. The van der Waals surface area contributed by atoms with Crippen molar-refractivity contribution in [3.05, 3.63) is 12.2 Å². The minimum Gasteiger partial charge on any atom is -0.377 e. The standard InChI is InChI=1S/C24H45NO/c1-3-4-5-6-7-8-12-19-25(20-22-13-10-9-11-14-22)21-23-15-17-24(26-2)18-16-23/h15,17,22-24H,3-14,16,18-21H2,1-2H3.